The molecule has 1 aliphatic rings. The molecule has 4 heteroatoms. The normalized spacial score (nSPS) is 28.9. The van der Waals surface area contributed by atoms with Gasteiger partial charge in [-0.1, -0.05) is 6.92 Å². The highest BCUT2D eigenvalue weighted by atomic mass is 16.5. The van der Waals surface area contributed by atoms with Crippen molar-refractivity contribution in [2.75, 3.05) is 6.61 Å². The van der Waals surface area contributed by atoms with Gasteiger partial charge in [-0.2, -0.15) is 0 Å². The molecule has 19 heavy (non-hydrogen) atoms. The lowest BCUT2D eigenvalue weighted by molar-refractivity contribution is -0.149. The van der Waals surface area contributed by atoms with Crippen LogP contribution in [0.3, 0.4) is 0 Å². The molecule has 4 unspecified atom stereocenters. The van der Waals surface area contributed by atoms with Gasteiger partial charge < -0.3 is 10.5 Å². The summed E-state index contributed by atoms with van der Waals surface area (Å²) in [5.74, 6) is -0.290. The molecule has 112 valence electrons. The van der Waals surface area contributed by atoms with Crippen LogP contribution in [0.4, 0.5) is 0 Å². The SMILES string of the molecule is CCOC(=O)C(C)(N)CC(C)N1C(C)CCC1CC. The van der Waals surface area contributed by atoms with E-state index < -0.39 is 5.54 Å². The molecule has 0 aromatic rings. The molecule has 0 saturated carbocycles. The first-order chi connectivity index (χ1) is 8.83. The summed E-state index contributed by atoms with van der Waals surface area (Å²) < 4.78 is 5.07. The number of nitrogens with two attached hydrogens (primary N) is 1. The monoisotopic (exact) mass is 270 g/mol. The first-order valence-corrected chi connectivity index (χ1v) is 7.57. The van der Waals surface area contributed by atoms with Crippen molar-refractivity contribution in [1.82, 2.24) is 4.90 Å². The van der Waals surface area contributed by atoms with Crippen LogP contribution in [-0.2, 0) is 9.53 Å². The molecule has 4 atom stereocenters. The highest BCUT2D eigenvalue weighted by Crippen LogP contribution is 2.30. The molecule has 0 spiro atoms. The summed E-state index contributed by atoms with van der Waals surface area (Å²) in [7, 11) is 0. The predicted octanol–water partition coefficient (Wildman–Crippen LogP) is 2.31. The third-order valence-corrected chi connectivity index (χ3v) is 4.29. The molecule has 0 aliphatic carbocycles. The molecule has 0 radical (unpaired) electrons. The van der Waals surface area contributed by atoms with Crippen molar-refractivity contribution >= 4 is 5.97 Å². The number of nitrogens with zero attached hydrogens (tertiary/aromatic N) is 1. The zero-order chi connectivity index (χ0) is 14.6. The van der Waals surface area contributed by atoms with E-state index in [1.54, 1.807) is 6.92 Å². The van der Waals surface area contributed by atoms with Gasteiger partial charge in [-0.25, -0.2) is 0 Å². The molecule has 1 fully saturated rings. The second kappa shape index (κ2) is 6.71. The van der Waals surface area contributed by atoms with Gasteiger partial charge in [0.2, 0.25) is 0 Å². The number of ether oxygens (including phenoxy) is 1. The van der Waals surface area contributed by atoms with Gasteiger partial charge in [0.15, 0.2) is 0 Å². The minimum Gasteiger partial charge on any atom is -0.465 e. The van der Waals surface area contributed by atoms with Crippen molar-refractivity contribution < 1.29 is 9.53 Å². The predicted molar refractivity (Wildman–Crippen MR) is 77.9 cm³/mol. The zero-order valence-corrected chi connectivity index (χ0v) is 13.1. The lowest BCUT2D eigenvalue weighted by Crippen LogP contribution is -2.52. The molecule has 2 N–H and O–H groups in total. The van der Waals surface area contributed by atoms with E-state index in [-0.39, 0.29) is 5.97 Å². The quantitative estimate of drug-likeness (QED) is 0.753. The fraction of sp³-hybridized carbons (Fsp3) is 0.933. The summed E-state index contributed by atoms with van der Waals surface area (Å²) in [5, 5.41) is 0. The maximum Gasteiger partial charge on any atom is 0.325 e. The van der Waals surface area contributed by atoms with Crippen molar-refractivity contribution in [2.24, 2.45) is 5.73 Å². The van der Waals surface area contributed by atoms with E-state index in [2.05, 4.69) is 25.7 Å². The summed E-state index contributed by atoms with van der Waals surface area (Å²) >= 11 is 0. The van der Waals surface area contributed by atoms with Crippen molar-refractivity contribution in [3.8, 4) is 0 Å². The molecule has 1 saturated heterocycles. The minimum absolute atomic E-state index is 0.290. The molecule has 1 aliphatic heterocycles. The standard InChI is InChI=1S/C15H30N2O2/c1-6-13-9-8-11(3)17(13)12(4)10-15(5,16)14(18)19-7-2/h11-13H,6-10,16H2,1-5H3. The first-order valence-electron chi connectivity index (χ1n) is 7.57. The third kappa shape index (κ3) is 3.93. The van der Waals surface area contributed by atoms with Gasteiger partial charge in [0, 0.05) is 18.1 Å². The third-order valence-electron chi connectivity index (χ3n) is 4.29. The van der Waals surface area contributed by atoms with Gasteiger partial charge >= 0.3 is 5.97 Å². The summed E-state index contributed by atoms with van der Waals surface area (Å²) in [6, 6.07) is 1.52. The van der Waals surface area contributed by atoms with E-state index in [9.17, 15) is 4.79 Å². The molecule has 1 heterocycles. The van der Waals surface area contributed by atoms with Crippen LogP contribution in [0.2, 0.25) is 0 Å². The lowest BCUT2D eigenvalue weighted by atomic mass is 9.93. The zero-order valence-electron chi connectivity index (χ0n) is 13.1. The average Bonchev–Trinajstić information content (AvgIpc) is 2.70. The van der Waals surface area contributed by atoms with Gasteiger partial charge in [0.05, 0.1) is 6.61 Å². The fourth-order valence-corrected chi connectivity index (χ4v) is 3.40. The number of carbonyl (C=O) groups is 1. The van der Waals surface area contributed by atoms with Crippen LogP contribution in [0.5, 0.6) is 0 Å². The number of likely N-dealkylation sites (tertiary alicyclic amines) is 1. The van der Waals surface area contributed by atoms with Crippen molar-refractivity contribution in [3.63, 3.8) is 0 Å². The molecule has 1 rings (SSSR count). The average molecular weight is 270 g/mol. The lowest BCUT2D eigenvalue weighted by Gasteiger charge is -2.37. The number of carbonyl (C=O) groups excluding carboxylic acids is 1. The molecule has 0 amide bonds. The van der Waals surface area contributed by atoms with Crippen LogP contribution in [0.25, 0.3) is 0 Å². The van der Waals surface area contributed by atoms with Crippen LogP contribution in [-0.4, -0.2) is 41.1 Å². The number of rotatable bonds is 6. The second-order valence-electron chi connectivity index (χ2n) is 6.13. The second-order valence-corrected chi connectivity index (χ2v) is 6.13. The van der Waals surface area contributed by atoms with Gasteiger partial charge in [0.25, 0.3) is 0 Å². The Labute approximate surface area is 117 Å². The summed E-state index contributed by atoms with van der Waals surface area (Å²) in [6.07, 6.45) is 4.30. The maximum atomic E-state index is 11.9. The maximum absolute atomic E-state index is 11.9. The van der Waals surface area contributed by atoms with E-state index >= 15 is 0 Å². The first kappa shape index (κ1) is 16.4. The van der Waals surface area contributed by atoms with E-state index in [1.807, 2.05) is 6.92 Å². The van der Waals surface area contributed by atoms with Crippen LogP contribution >= 0.6 is 0 Å². The van der Waals surface area contributed by atoms with Crippen LogP contribution in [0.15, 0.2) is 0 Å². The molecule has 0 aromatic carbocycles. The number of esters is 1. The summed E-state index contributed by atoms with van der Waals surface area (Å²) in [5.41, 5.74) is 5.25. The molecule has 4 nitrogen and oxygen atoms in total. The summed E-state index contributed by atoms with van der Waals surface area (Å²) in [4.78, 5) is 14.4. The topological polar surface area (TPSA) is 55.6 Å². The minimum atomic E-state index is -0.893. The molecular formula is C15H30N2O2. The Morgan fingerprint density at radius 2 is 2.11 bits per heavy atom. The van der Waals surface area contributed by atoms with Gasteiger partial charge in [-0.15, -0.1) is 0 Å². The Morgan fingerprint density at radius 1 is 1.47 bits per heavy atom. The molecule has 0 bridgehead atoms. The van der Waals surface area contributed by atoms with Gasteiger partial charge in [-0.3, -0.25) is 9.69 Å². The molecule has 0 aromatic heterocycles. The van der Waals surface area contributed by atoms with E-state index in [0.29, 0.717) is 31.2 Å². The van der Waals surface area contributed by atoms with Crippen molar-refractivity contribution in [1.29, 1.82) is 0 Å². The van der Waals surface area contributed by atoms with E-state index in [4.69, 9.17) is 10.5 Å². The van der Waals surface area contributed by atoms with Gasteiger partial charge in [-0.05, 0) is 53.4 Å². The van der Waals surface area contributed by atoms with Crippen molar-refractivity contribution in [2.45, 2.75) is 84.0 Å². The van der Waals surface area contributed by atoms with Gasteiger partial charge in [0.1, 0.15) is 5.54 Å². The highest BCUT2D eigenvalue weighted by Gasteiger charge is 2.38. The fourth-order valence-electron chi connectivity index (χ4n) is 3.40. The highest BCUT2D eigenvalue weighted by molar-refractivity contribution is 5.80. The molecular weight excluding hydrogens is 240 g/mol. The van der Waals surface area contributed by atoms with E-state index in [0.717, 1.165) is 6.42 Å². The Balaban J connectivity index is 2.67. The number of hydrogen-bond donors (Lipinski definition) is 1. The smallest absolute Gasteiger partial charge is 0.325 e. The Kier molecular flexibility index (Phi) is 5.81. The Morgan fingerprint density at radius 3 is 2.63 bits per heavy atom. The van der Waals surface area contributed by atoms with E-state index in [1.165, 1.54) is 12.8 Å². The largest absolute Gasteiger partial charge is 0.465 e. The van der Waals surface area contributed by atoms with Crippen LogP contribution in [0, 0.1) is 0 Å². The summed E-state index contributed by atoms with van der Waals surface area (Å²) in [6.45, 7) is 10.7. The Hall–Kier alpha value is -0.610. The van der Waals surface area contributed by atoms with Crippen molar-refractivity contribution in [3.05, 3.63) is 0 Å². The number of hydrogen-bond acceptors (Lipinski definition) is 4. The van der Waals surface area contributed by atoms with Crippen LogP contribution < -0.4 is 5.73 Å². The van der Waals surface area contributed by atoms with Crippen LogP contribution in [0.1, 0.15) is 60.3 Å². The Bertz CT molecular complexity index is 305.